The van der Waals surface area contributed by atoms with E-state index in [0.29, 0.717) is 58.3 Å². The molecule has 2 unspecified atom stereocenters. The van der Waals surface area contributed by atoms with Crippen LogP contribution in [0.2, 0.25) is 0 Å². The molecule has 0 bridgehead atoms. The van der Waals surface area contributed by atoms with E-state index in [4.69, 9.17) is 4.74 Å². The van der Waals surface area contributed by atoms with Gasteiger partial charge < -0.3 is 19.8 Å². The average molecular weight is 303 g/mol. The Balaban J connectivity index is 1.34. The van der Waals surface area contributed by atoms with Crippen molar-refractivity contribution in [2.75, 3.05) is 32.8 Å². The number of hydrogen-bond acceptors (Lipinski definition) is 4. The molecule has 4 rings (SSSR count). The van der Waals surface area contributed by atoms with Crippen molar-refractivity contribution in [3.8, 4) is 0 Å². The number of hydrogen-bond donors (Lipinski definition) is 2. The molecule has 21 heavy (non-hydrogen) atoms. The molecule has 2 aliphatic heterocycles. The van der Waals surface area contributed by atoms with Crippen molar-refractivity contribution < 1.29 is 23.7 Å². The molecule has 2 saturated carbocycles. The maximum Gasteiger partial charge on any atom is 0.260 e. The molecule has 0 amide bonds. The van der Waals surface area contributed by atoms with Gasteiger partial charge in [-0.2, -0.15) is 0 Å². The van der Waals surface area contributed by atoms with Crippen LogP contribution in [-0.2, 0) is 4.74 Å². The average Bonchev–Trinajstić information content (AvgIpc) is 3.25. The molecule has 4 aliphatic rings. The summed E-state index contributed by atoms with van der Waals surface area (Å²) >= 11 is 0. The zero-order valence-electron chi connectivity index (χ0n) is 12.2. The van der Waals surface area contributed by atoms with Crippen LogP contribution in [0.3, 0.4) is 0 Å². The Morgan fingerprint density at radius 2 is 1.67 bits per heavy atom. The maximum absolute atomic E-state index is 14.1. The number of fused-ring (bicyclic) bond motifs is 1. The fourth-order valence-corrected chi connectivity index (χ4v) is 4.82. The van der Waals surface area contributed by atoms with E-state index in [0.717, 1.165) is 0 Å². The molecule has 4 nitrogen and oxygen atoms in total. The normalized spacial score (nSPS) is 40.6. The predicted octanol–water partition coefficient (Wildman–Crippen LogP) is 1.01. The molecule has 6 heteroatoms. The van der Waals surface area contributed by atoms with Gasteiger partial charge in [0.2, 0.25) is 0 Å². The SMILES string of the molecule is OC(CN1CCC2(CC1)C(F)(F)C21CC1)C1(O)CCOC1. The molecule has 2 saturated heterocycles. The number of alkyl halides is 2. The Morgan fingerprint density at radius 1 is 1.05 bits per heavy atom. The molecule has 0 aromatic carbocycles. The van der Waals surface area contributed by atoms with Gasteiger partial charge in [-0.05, 0) is 38.8 Å². The van der Waals surface area contributed by atoms with E-state index in [9.17, 15) is 19.0 Å². The highest BCUT2D eigenvalue weighted by Crippen LogP contribution is 2.89. The van der Waals surface area contributed by atoms with Crippen LogP contribution in [0, 0.1) is 10.8 Å². The van der Waals surface area contributed by atoms with Crippen LogP contribution in [-0.4, -0.2) is 65.6 Å². The third-order valence-corrected chi connectivity index (χ3v) is 6.60. The zero-order chi connectivity index (χ0) is 14.9. The van der Waals surface area contributed by atoms with Crippen LogP contribution in [0.15, 0.2) is 0 Å². The minimum Gasteiger partial charge on any atom is -0.389 e. The lowest BCUT2D eigenvalue weighted by molar-refractivity contribution is -0.0912. The van der Waals surface area contributed by atoms with E-state index in [2.05, 4.69) is 0 Å². The molecular formula is C15H23F2NO3. The minimum atomic E-state index is -2.47. The summed E-state index contributed by atoms with van der Waals surface area (Å²) in [4.78, 5) is 2.01. The first kappa shape index (κ1) is 14.3. The Morgan fingerprint density at radius 3 is 2.14 bits per heavy atom. The minimum absolute atomic E-state index is 0.160. The molecule has 0 radical (unpaired) electrons. The van der Waals surface area contributed by atoms with Crippen LogP contribution in [0.1, 0.15) is 32.1 Å². The van der Waals surface area contributed by atoms with E-state index < -0.39 is 28.5 Å². The van der Waals surface area contributed by atoms with E-state index in [1.807, 2.05) is 4.90 Å². The first-order valence-electron chi connectivity index (χ1n) is 7.95. The van der Waals surface area contributed by atoms with E-state index >= 15 is 0 Å². The third kappa shape index (κ3) is 1.68. The van der Waals surface area contributed by atoms with E-state index in [1.54, 1.807) is 0 Å². The number of aliphatic hydroxyl groups is 2. The van der Waals surface area contributed by atoms with Gasteiger partial charge in [0.25, 0.3) is 5.92 Å². The Labute approximate surface area is 123 Å². The van der Waals surface area contributed by atoms with Crippen molar-refractivity contribution in [2.24, 2.45) is 10.8 Å². The van der Waals surface area contributed by atoms with Crippen LogP contribution in [0.5, 0.6) is 0 Å². The van der Waals surface area contributed by atoms with E-state index in [-0.39, 0.29) is 6.61 Å². The molecule has 0 aromatic rings. The first-order valence-corrected chi connectivity index (χ1v) is 7.95. The van der Waals surface area contributed by atoms with Crippen LogP contribution < -0.4 is 0 Å². The smallest absolute Gasteiger partial charge is 0.260 e. The monoisotopic (exact) mass is 303 g/mol. The van der Waals surface area contributed by atoms with Gasteiger partial charge in [-0.25, -0.2) is 8.78 Å². The molecule has 2 N–H and O–H groups in total. The summed E-state index contributed by atoms with van der Waals surface area (Å²) < 4.78 is 33.3. The summed E-state index contributed by atoms with van der Waals surface area (Å²) in [5.74, 6) is -2.47. The van der Waals surface area contributed by atoms with Crippen LogP contribution in [0.4, 0.5) is 8.78 Å². The fraction of sp³-hybridized carbons (Fsp3) is 1.00. The van der Waals surface area contributed by atoms with Crippen molar-refractivity contribution >= 4 is 0 Å². The summed E-state index contributed by atoms with van der Waals surface area (Å²) in [5.41, 5.74) is -2.59. The molecule has 2 aliphatic carbocycles. The molecule has 2 atom stereocenters. The number of ether oxygens (including phenoxy) is 1. The molecule has 2 heterocycles. The predicted molar refractivity (Wildman–Crippen MR) is 71.1 cm³/mol. The molecule has 2 spiro atoms. The zero-order valence-corrected chi connectivity index (χ0v) is 12.2. The Bertz CT molecular complexity index is 432. The Kier molecular flexibility index (Phi) is 2.83. The van der Waals surface area contributed by atoms with Crippen molar-refractivity contribution in [1.82, 2.24) is 4.90 Å². The fourth-order valence-electron chi connectivity index (χ4n) is 4.82. The first-order chi connectivity index (χ1) is 9.87. The maximum atomic E-state index is 14.1. The highest BCUT2D eigenvalue weighted by molar-refractivity contribution is 5.35. The van der Waals surface area contributed by atoms with Crippen LogP contribution in [0.25, 0.3) is 0 Å². The second-order valence-electron chi connectivity index (χ2n) is 7.46. The van der Waals surface area contributed by atoms with Gasteiger partial charge >= 0.3 is 0 Å². The highest BCUT2D eigenvalue weighted by Gasteiger charge is 2.94. The number of piperidine rings is 1. The number of aliphatic hydroxyl groups excluding tert-OH is 1. The van der Waals surface area contributed by atoms with Gasteiger partial charge in [0.1, 0.15) is 5.60 Å². The standard InChI is InChI=1S/C15H23F2NO3/c16-15(17)13(1-2-13)14(15)3-6-18(7-4-14)9-11(19)12(20)5-8-21-10-12/h11,19-20H,1-10H2. The quantitative estimate of drug-likeness (QED) is 0.817. The third-order valence-electron chi connectivity index (χ3n) is 6.60. The molecule has 4 fully saturated rings. The van der Waals surface area contributed by atoms with Gasteiger partial charge in [-0.3, -0.25) is 0 Å². The number of halogens is 2. The van der Waals surface area contributed by atoms with Gasteiger partial charge in [-0.15, -0.1) is 0 Å². The van der Waals surface area contributed by atoms with Gasteiger partial charge in [0.05, 0.1) is 12.7 Å². The summed E-state index contributed by atoms with van der Waals surface area (Å²) in [5, 5.41) is 20.5. The summed E-state index contributed by atoms with van der Waals surface area (Å²) in [6.45, 7) is 2.14. The second kappa shape index (κ2) is 4.16. The molecule has 0 aromatic heterocycles. The molecular weight excluding hydrogens is 280 g/mol. The second-order valence-corrected chi connectivity index (χ2v) is 7.46. The lowest BCUT2D eigenvalue weighted by Crippen LogP contribution is -2.51. The number of likely N-dealkylation sites (tertiary alicyclic amines) is 1. The van der Waals surface area contributed by atoms with Gasteiger partial charge in [-0.1, -0.05) is 0 Å². The number of β-amino-alcohol motifs (C(OH)–C–C–N with tert-alkyl or cyclic N) is 1. The topological polar surface area (TPSA) is 52.9 Å². The summed E-state index contributed by atoms with van der Waals surface area (Å²) in [6, 6.07) is 0. The van der Waals surface area contributed by atoms with Crippen molar-refractivity contribution in [2.45, 2.75) is 49.7 Å². The van der Waals surface area contributed by atoms with Crippen molar-refractivity contribution in [3.63, 3.8) is 0 Å². The number of rotatable bonds is 3. The van der Waals surface area contributed by atoms with Crippen LogP contribution >= 0.6 is 0 Å². The lowest BCUT2D eigenvalue weighted by atomic mass is 9.88. The van der Waals surface area contributed by atoms with Gasteiger partial charge in [0, 0.05) is 30.4 Å². The highest BCUT2D eigenvalue weighted by atomic mass is 19.3. The lowest BCUT2D eigenvalue weighted by Gasteiger charge is -2.36. The van der Waals surface area contributed by atoms with Crippen molar-refractivity contribution in [1.29, 1.82) is 0 Å². The van der Waals surface area contributed by atoms with Gasteiger partial charge in [0.15, 0.2) is 0 Å². The summed E-state index contributed by atoms with van der Waals surface area (Å²) in [6.07, 6.45) is 1.96. The molecule has 120 valence electrons. The largest absolute Gasteiger partial charge is 0.389 e. The van der Waals surface area contributed by atoms with E-state index in [1.165, 1.54) is 0 Å². The number of nitrogens with zero attached hydrogens (tertiary/aromatic N) is 1. The Hall–Kier alpha value is -0.300. The summed E-state index contributed by atoms with van der Waals surface area (Å²) in [7, 11) is 0. The van der Waals surface area contributed by atoms with Crippen molar-refractivity contribution in [3.05, 3.63) is 0 Å².